The third kappa shape index (κ3) is 3.53. The van der Waals surface area contributed by atoms with Gasteiger partial charge in [0, 0.05) is 10.0 Å². The number of nitrogens with zero attached hydrogens (tertiary/aromatic N) is 1. The van der Waals surface area contributed by atoms with E-state index in [4.69, 9.17) is 9.47 Å². The molecule has 1 aliphatic heterocycles. The summed E-state index contributed by atoms with van der Waals surface area (Å²) in [5, 5.41) is 4.16. The number of hydrogen-bond donors (Lipinski definition) is 1. The van der Waals surface area contributed by atoms with Crippen LogP contribution in [0.4, 0.5) is 0 Å². The Morgan fingerprint density at radius 1 is 1.13 bits per heavy atom. The summed E-state index contributed by atoms with van der Waals surface area (Å²) in [6.45, 7) is 2.92. The number of ether oxygens (including phenoxy) is 2. The molecular weight excluding hydrogens is 360 g/mol. The summed E-state index contributed by atoms with van der Waals surface area (Å²) in [6.07, 6.45) is 0. The van der Waals surface area contributed by atoms with Gasteiger partial charge >= 0.3 is 0 Å². The molecule has 0 saturated heterocycles. The van der Waals surface area contributed by atoms with Gasteiger partial charge in [-0.3, -0.25) is 4.79 Å². The maximum absolute atomic E-state index is 12.1. The van der Waals surface area contributed by atoms with Crippen LogP contribution in [0.3, 0.4) is 0 Å². The van der Waals surface area contributed by atoms with Crippen LogP contribution in [-0.2, 0) is 0 Å². The molecule has 5 nitrogen and oxygen atoms in total. The SMILES string of the molecule is C/C(=N/NC(=O)c1ccccc1Br)c1ccc2c(c1)OCCO2. The van der Waals surface area contributed by atoms with E-state index in [2.05, 4.69) is 26.5 Å². The molecule has 23 heavy (non-hydrogen) atoms. The molecule has 118 valence electrons. The highest BCUT2D eigenvalue weighted by atomic mass is 79.9. The molecule has 0 aromatic heterocycles. The van der Waals surface area contributed by atoms with Crippen molar-refractivity contribution in [2.45, 2.75) is 6.92 Å². The number of amides is 1. The number of carbonyl (C=O) groups excluding carboxylic acids is 1. The Morgan fingerprint density at radius 2 is 1.87 bits per heavy atom. The summed E-state index contributed by atoms with van der Waals surface area (Å²) in [7, 11) is 0. The summed E-state index contributed by atoms with van der Waals surface area (Å²) in [6, 6.07) is 12.8. The summed E-state index contributed by atoms with van der Waals surface area (Å²) >= 11 is 3.35. The lowest BCUT2D eigenvalue weighted by Crippen LogP contribution is -2.20. The van der Waals surface area contributed by atoms with Crippen molar-refractivity contribution in [3.63, 3.8) is 0 Å². The molecule has 1 amide bonds. The lowest BCUT2D eigenvalue weighted by Gasteiger charge is -2.18. The number of hydrogen-bond acceptors (Lipinski definition) is 4. The van der Waals surface area contributed by atoms with Crippen LogP contribution >= 0.6 is 15.9 Å². The van der Waals surface area contributed by atoms with Gasteiger partial charge in [-0.1, -0.05) is 12.1 Å². The van der Waals surface area contributed by atoms with Crippen molar-refractivity contribution in [1.82, 2.24) is 5.43 Å². The maximum atomic E-state index is 12.1. The first kappa shape index (κ1) is 15.6. The first-order valence-corrected chi connectivity index (χ1v) is 7.93. The molecule has 0 bridgehead atoms. The van der Waals surface area contributed by atoms with Crippen LogP contribution in [-0.4, -0.2) is 24.8 Å². The van der Waals surface area contributed by atoms with Crippen LogP contribution in [0.15, 0.2) is 52.0 Å². The zero-order chi connectivity index (χ0) is 16.2. The highest BCUT2D eigenvalue weighted by Gasteiger charge is 2.13. The van der Waals surface area contributed by atoms with E-state index < -0.39 is 0 Å². The summed E-state index contributed by atoms with van der Waals surface area (Å²) in [4.78, 5) is 12.1. The zero-order valence-electron chi connectivity index (χ0n) is 12.5. The van der Waals surface area contributed by atoms with Crippen LogP contribution in [0.5, 0.6) is 11.5 Å². The number of nitrogens with one attached hydrogen (secondary N) is 1. The van der Waals surface area contributed by atoms with E-state index in [-0.39, 0.29) is 5.91 Å². The van der Waals surface area contributed by atoms with Gasteiger partial charge in [0.05, 0.1) is 11.3 Å². The Labute approximate surface area is 142 Å². The number of fused-ring (bicyclic) bond motifs is 1. The van der Waals surface area contributed by atoms with Crippen molar-refractivity contribution in [2.75, 3.05) is 13.2 Å². The Balaban J connectivity index is 1.75. The van der Waals surface area contributed by atoms with Crippen molar-refractivity contribution in [1.29, 1.82) is 0 Å². The maximum Gasteiger partial charge on any atom is 0.272 e. The van der Waals surface area contributed by atoms with Crippen molar-refractivity contribution in [3.05, 3.63) is 58.1 Å². The summed E-state index contributed by atoms with van der Waals surface area (Å²) in [5.41, 5.74) is 4.64. The Bertz CT molecular complexity index is 774. The van der Waals surface area contributed by atoms with Gasteiger partial charge in [-0.15, -0.1) is 0 Å². The van der Waals surface area contributed by atoms with E-state index in [1.165, 1.54) is 0 Å². The fourth-order valence-electron chi connectivity index (χ4n) is 2.17. The minimum absolute atomic E-state index is 0.269. The van der Waals surface area contributed by atoms with Crippen LogP contribution in [0.1, 0.15) is 22.8 Å². The van der Waals surface area contributed by atoms with E-state index in [1.807, 2.05) is 37.3 Å². The third-order valence-corrected chi connectivity index (χ3v) is 4.10. The quantitative estimate of drug-likeness (QED) is 0.661. The lowest BCUT2D eigenvalue weighted by atomic mass is 10.1. The predicted octanol–water partition coefficient (Wildman–Crippen LogP) is 3.37. The van der Waals surface area contributed by atoms with E-state index in [0.717, 1.165) is 15.8 Å². The number of benzene rings is 2. The van der Waals surface area contributed by atoms with Gasteiger partial charge in [-0.25, -0.2) is 5.43 Å². The van der Waals surface area contributed by atoms with Gasteiger partial charge in [-0.2, -0.15) is 5.10 Å². The first-order chi connectivity index (χ1) is 11.1. The first-order valence-electron chi connectivity index (χ1n) is 7.14. The standard InChI is InChI=1S/C17H15BrN2O3/c1-11(12-6-7-15-16(10-12)23-9-8-22-15)19-20-17(21)13-4-2-3-5-14(13)18/h2-7,10H,8-9H2,1H3,(H,20,21)/b19-11-. The smallest absolute Gasteiger partial charge is 0.272 e. The fourth-order valence-corrected chi connectivity index (χ4v) is 2.64. The highest BCUT2D eigenvalue weighted by molar-refractivity contribution is 9.10. The third-order valence-electron chi connectivity index (χ3n) is 3.40. The molecule has 0 spiro atoms. The molecule has 0 aliphatic carbocycles. The van der Waals surface area contributed by atoms with E-state index in [0.29, 0.717) is 30.2 Å². The number of carbonyl (C=O) groups is 1. The Morgan fingerprint density at radius 3 is 2.65 bits per heavy atom. The second-order valence-corrected chi connectivity index (χ2v) is 5.83. The van der Waals surface area contributed by atoms with Crippen LogP contribution in [0.2, 0.25) is 0 Å². The monoisotopic (exact) mass is 374 g/mol. The van der Waals surface area contributed by atoms with Crippen molar-refractivity contribution >= 4 is 27.5 Å². The van der Waals surface area contributed by atoms with Gasteiger partial charge in [-0.05, 0) is 53.2 Å². The predicted molar refractivity (Wildman–Crippen MR) is 91.3 cm³/mol. The molecule has 3 rings (SSSR count). The van der Waals surface area contributed by atoms with E-state index >= 15 is 0 Å². The summed E-state index contributed by atoms with van der Waals surface area (Å²) in [5.74, 6) is 1.15. The fraction of sp³-hybridized carbons (Fsp3) is 0.176. The second-order valence-electron chi connectivity index (χ2n) is 4.98. The van der Waals surface area contributed by atoms with Crippen LogP contribution in [0, 0.1) is 0 Å². The zero-order valence-corrected chi connectivity index (χ0v) is 14.1. The molecule has 2 aromatic carbocycles. The average molecular weight is 375 g/mol. The molecule has 0 saturated carbocycles. The number of rotatable bonds is 3. The molecule has 0 radical (unpaired) electrons. The molecule has 1 aliphatic rings. The molecule has 0 fully saturated rings. The van der Waals surface area contributed by atoms with Gasteiger partial charge in [0.2, 0.25) is 0 Å². The van der Waals surface area contributed by atoms with Crippen molar-refractivity contribution in [2.24, 2.45) is 5.10 Å². The number of halogens is 1. The Kier molecular flexibility index (Phi) is 4.62. The molecule has 6 heteroatoms. The largest absolute Gasteiger partial charge is 0.486 e. The average Bonchev–Trinajstić information content (AvgIpc) is 2.59. The van der Waals surface area contributed by atoms with E-state index in [9.17, 15) is 4.79 Å². The van der Waals surface area contributed by atoms with Crippen LogP contribution < -0.4 is 14.9 Å². The normalized spacial score (nSPS) is 13.6. The van der Waals surface area contributed by atoms with Gasteiger partial charge < -0.3 is 9.47 Å². The van der Waals surface area contributed by atoms with Crippen molar-refractivity contribution in [3.8, 4) is 11.5 Å². The Hall–Kier alpha value is -2.34. The molecule has 1 heterocycles. The van der Waals surface area contributed by atoms with Gasteiger partial charge in [0.25, 0.3) is 5.91 Å². The van der Waals surface area contributed by atoms with Crippen molar-refractivity contribution < 1.29 is 14.3 Å². The highest BCUT2D eigenvalue weighted by Crippen LogP contribution is 2.30. The molecule has 0 atom stereocenters. The topological polar surface area (TPSA) is 59.9 Å². The van der Waals surface area contributed by atoms with E-state index in [1.54, 1.807) is 12.1 Å². The molecule has 0 unspecified atom stereocenters. The van der Waals surface area contributed by atoms with Gasteiger partial charge in [0.15, 0.2) is 11.5 Å². The summed E-state index contributed by atoms with van der Waals surface area (Å²) < 4.78 is 11.8. The van der Waals surface area contributed by atoms with Crippen LogP contribution in [0.25, 0.3) is 0 Å². The minimum atomic E-state index is -0.269. The lowest BCUT2D eigenvalue weighted by molar-refractivity contribution is 0.0954. The molecule has 1 N–H and O–H groups in total. The second kappa shape index (κ2) is 6.83. The molecule has 2 aromatic rings. The van der Waals surface area contributed by atoms with Gasteiger partial charge in [0.1, 0.15) is 13.2 Å². The number of hydrazone groups is 1. The minimum Gasteiger partial charge on any atom is -0.486 e. The molecular formula is C17H15BrN2O3.